The highest BCUT2D eigenvalue weighted by molar-refractivity contribution is 7.98. The van der Waals surface area contributed by atoms with Crippen molar-refractivity contribution in [2.24, 2.45) is 0 Å². The highest BCUT2D eigenvalue weighted by Gasteiger charge is 2.21. The van der Waals surface area contributed by atoms with Crippen molar-refractivity contribution in [2.75, 3.05) is 24.2 Å². The predicted octanol–water partition coefficient (Wildman–Crippen LogP) is 4.89. The van der Waals surface area contributed by atoms with Crippen molar-refractivity contribution in [3.63, 3.8) is 0 Å². The first-order valence-corrected chi connectivity index (χ1v) is 11.7. The second kappa shape index (κ2) is 8.49. The summed E-state index contributed by atoms with van der Waals surface area (Å²) in [6.45, 7) is 4.04. The Bertz CT molecular complexity index is 967. The molecule has 0 radical (unpaired) electrons. The van der Waals surface area contributed by atoms with Crippen LogP contribution in [0.1, 0.15) is 47.5 Å². The zero-order valence-electron chi connectivity index (χ0n) is 16.1. The number of nitrogens with zero attached hydrogens (tertiary/aromatic N) is 3. The van der Waals surface area contributed by atoms with Gasteiger partial charge in [0.2, 0.25) is 0 Å². The number of hydrogen-bond acceptors (Lipinski definition) is 6. The third kappa shape index (κ3) is 4.00. The number of piperidine rings is 1. The molecule has 146 valence electrons. The molecule has 4 rings (SSSR count). The number of aromatic nitrogens is 2. The second-order valence-corrected chi connectivity index (χ2v) is 8.82. The largest absolute Gasteiger partial charge is 0.356 e. The SMILES string of the molecule is CSc1nc(N2CCCCC2)c2cc(C(=O)N[C@H](C)c3ccccc3)sc2n1. The lowest BCUT2D eigenvalue weighted by Gasteiger charge is -2.28. The van der Waals surface area contributed by atoms with E-state index in [0.717, 1.165) is 39.8 Å². The number of carbonyl (C=O) groups is 1. The van der Waals surface area contributed by atoms with Crippen molar-refractivity contribution in [1.29, 1.82) is 0 Å². The molecule has 1 saturated heterocycles. The second-order valence-electron chi connectivity index (χ2n) is 7.02. The van der Waals surface area contributed by atoms with Crippen LogP contribution in [-0.2, 0) is 0 Å². The van der Waals surface area contributed by atoms with E-state index in [1.807, 2.05) is 49.6 Å². The molecule has 7 heteroatoms. The van der Waals surface area contributed by atoms with Crippen LogP contribution in [0.3, 0.4) is 0 Å². The minimum atomic E-state index is -0.0605. The lowest BCUT2D eigenvalue weighted by molar-refractivity contribution is 0.0944. The number of carbonyl (C=O) groups excluding carboxylic acids is 1. The summed E-state index contributed by atoms with van der Waals surface area (Å²) in [5, 5.41) is 4.86. The molecule has 0 spiro atoms. The summed E-state index contributed by atoms with van der Waals surface area (Å²) < 4.78 is 0. The molecule has 3 aromatic rings. The third-order valence-electron chi connectivity index (χ3n) is 5.06. The molecule has 1 atom stereocenters. The zero-order chi connectivity index (χ0) is 19.5. The van der Waals surface area contributed by atoms with E-state index in [2.05, 4.69) is 15.2 Å². The normalized spacial score (nSPS) is 15.6. The molecule has 0 unspecified atom stereocenters. The molecular weight excluding hydrogens is 388 g/mol. The summed E-state index contributed by atoms with van der Waals surface area (Å²) in [6, 6.07) is 11.9. The third-order valence-corrected chi connectivity index (χ3v) is 6.64. The molecule has 1 amide bonds. The number of thioether (sulfide) groups is 1. The van der Waals surface area contributed by atoms with E-state index in [1.54, 1.807) is 11.8 Å². The van der Waals surface area contributed by atoms with Crippen LogP contribution in [0.4, 0.5) is 5.82 Å². The summed E-state index contributed by atoms with van der Waals surface area (Å²) in [4.78, 5) is 26.2. The Morgan fingerprint density at radius 2 is 1.93 bits per heavy atom. The van der Waals surface area contributed by atoms with Crippen molar-refractivity contribution in [1.82, 2.24) is 15.3 Å². The van der Waals surface area contributed by atoms with Gasteiger partial charge in [0.05, 0.1) is 16.3 Å². The van der Waals surface area contributed by atoms with Gasteiger partial charge >= 0.3 is 0 Å². The van der Waals surface area contributed by atoms with Crippen LogP contribution >= 0.6 is 23.1 Å². The first kappa shape index (κ1) is 19.2. The van der Waals surface area contributed by atoms with Crippen molar-refractivity contribution < 1.29 is 4.79 Å². The maximum Gasteiger partial charge on any atom is 0.261 e. The number of rotatable bonds is 5. The molecule has 1 aromatic carbocycles. The summed E-state index contributed by atoms with van der Waals surface area (Å²) in [7, 11) is 0. The molecular formula is C21H24N4OS2. The Labute approximate surface area is 173 Å². The first-order valence-electron chi connectivity index (χ1n) is 9.62. The molecule has 0 bridgehead atoms. The van der Waals surface area contributed by atoms with Gasteiger partial charge in [-0.3, -0.25) is 4.79 Å². The van der Waals surface area contributed by atoms with Gasteiger partial charge in [0, 0.05) is 13.1 Å². The van der Waals surface area contributed by atoms with Crippen LogP contribution < -0.4 is 10.2 Å². The van der Waals surface area contributed by atoms with Gasteiger partial charge in [0.25, 0.3) is 5.91 Å². The zero-order valence-corrected chi connectivity index (χ0v) is 17.8. The van der Waals surface area contributed by atoms with E-state index in [-0.39, 0.29) is 11.9 Å². The number of fused-ring (bicyclic) bond motifs is 1. The van der Waals surface area contributed by atoms with Crippen LogP contribution in [-0.4, -0.2) is 35.2 Å². The van der Waals surface area contributed by atoms with E-state index >= 15 is 0 Å². The van der Waals surface area contributed by atoms with Gasteiger partial charge in [0.1, 0.15) is 10.6 Å². The standard InChI is InChI=1S/C21H24N4OS2/c1-14(15-9-5-3-6-10-15)22-19(26)17-13-16-18(25-11-7-4-8-12-25)23-21(27-2)24-20(16)28-17/h3,5-6,9-10,13-14H,4,7-8,11-12H2,1-2H3,(H,22,26)/t14-/m1/s1. The van der Waals surface area contributed by atoms with Gasteiger partial charge in [-0.1, -0.05) is 42.1 Å². The fourth-order valence-corrected chi connectivity index (χ4v) is 4.88. The van der Waals surface area contributed by atoms with E-state index in [1.165, 1.54) is 30.6 Å². The van der Waals surface area contributed by atoms with Crippen LogP contribution in [0, 0.1) is 0 Å². The molecule has 1 aliphatic rings. The molecule has 3 heterocycles. The lowest BCUT2D eigenvalue weighted by Crippen LogP contribution is -2.30. The number of nitrogens with one attached hydrogen (secondary N) is 1. The monoisotopic (exact) mass is 412 g/mol. The summed E-state index contributed by atoms with van der Waals surface area (Å²) in [5.41, 5.74) is 1.09. The molecule has 2 aromatic heterocycles. The molecule has 1 aliphatic heterocycles. The van der Waals surface area contributed by atoms with Gasteiger partial charge in [-0.15, -0.1) is 11.3 Å². The highest BCUT2D eigenvalue weighted by atomic mass is 32.2. The minimum Gasteiger partial charge on any atom is -0.356 e. The van der Waals surface area contributed by atoms with Gasteiger partial charge in [-0.25, -0.2) is 9.97 Å². The molecule has 0 saturated carbocycles. The molecule has 1 N–H and O–H groups in total. The minimum absolute atomic E-state index is 0.0479. The molecule has 0 aliphatic carbocycles. The fourth-order valence-electron chi connectivity index (χ4n) is 3.53. The topological polar surface area (TPSA) is 58.1 Å². The Balaban J connectivity index is 1.63. The number of hydrogen-bond donors (Lipinski definition) is 1. The number of amides is 1. The predicted molar refractivity (Wildman–Crippen MR) is 118 cm³/mol. The first-order chi connectivity index (χ1) is 13.7. The van der Waals surface area contributed by atoms with Crippen molar-refractivity contribution in [3.05, 3.63) is 46.8 Å². The van der Waals surface area contributed by atoms with Gasteiger partial charge < -0.3 is 10.2 Å². The Kier molecular flexibility index (Phi) is 5.82. The maximum atomic E-state index is 12.9. The van der Waals surface area contributed by atoms with Gasteiger partial charge in [-0.2, -0.15) is 0 Å². The van der Waals surface area contributed by atoms with E-state index in [9.17, 15) is 4.79 Å². The van der Waals surface area contributed by atoms with Crippen molar-refractivity contribution >= 4 is 45.0 Å². The Hall–Kier alpha value is -2.12. The van der Waals surface area contributed by atoms with Crippen LogP contribution in [0.5, 0.6) is 0 Å². The number of anilines is 1. The maximum absolute atomic E-state index is 12.9. The van der Waals surface area contributed by atoms with E-state index < -0.39 is 0 Å². The molecule has 1 fully saturated rings. The van der Waals surface area contributed by atoms with Crippen molar-refractivity contribution in [2.45, 2.75) is 37.4 Å². The van der Waals surface area contributed by atoms with Gasteiger partial charge in [-0.05, 0) is 44.1 Å². The quantitative estimate of drug-likeness (QED) is 0.477. The average molecular weight is 413 g/mol. The van der Waals surface area contributed by atoms with Crippen molar-refractivity contribution in [3.8, 4) is 0 Å². The summed E-state index contributed by atoms with van der Waals surface area (Å²) in [6.07, 6.45) is 5.64. The highest BCUT2D eigenvalue weighted by Crippen LogP contribution is 2.34. The van der Waals surface area contributed by atoms with Crippen LogP contribution in [0.25, 0.3) is 10.2 Å². The summed E-state index contributed by atoms with van der Waals surface area (Å²) >= 11 is 2.99. The Morgan fingerprint density at radius 1 is 1.18 bits per heavy atom. The fraction of sp³-hybridized carbons (Fsp3) is 0.381. The Morgan fingerprint density at radius 3 is 2.64 bits per heavy atom. The lowest BCUT2D eigenvalue weighted by atomic mass is 10.1. The molecule has 5 nitrogen and oxygen atoms in total. The average Bonchev–Trinajstić information content (AvgIpc) is 3.18. The summed E-state index contributed by atoms with van der Waals surface area (Å²) in [5.74, 6) is 0.912. The van der Waals surface area contributed by atoms with Crippen LogP contribution in [0.2, 0.25) is 0 Å². The van der Waals surface area contributed by atoms with Crippen LogP contribution in [0.15, 0.2) is 41.6 Å². The number of thiophene rings is 1. The van der Waals surface area contributed by atoms with E-state index in [0.29, 0.717) is 4.88 Å². The van der Waals surface area contributed by atoms with Gasteiger partial charge in [0.15, 0.2) is 5.16 Å². The smallest absolute Gasteiger partial charge is 0.261 e. The molecule has 28 heavy (non-hydrogen) atoms. The number of benzene rings is 1. The van der Waals surface area contributed by atoms with E-state index in [4.69, 9.17) is 4.98 Å².